The van der Waals surface area contributed by atoms with Gasteiger partial charge in [0.05, 0.1) is 11.5 Å². The zero-order chi connectivity index (χ0) is 11.5. The molecule has 5 nitrogen and oxygen atoms in total. The number of aliphatic hydroxyl groups is 1. The zero-order valence-electron chi connectivity index (χ0n) is 9.49. The SMILES string of the molecule is CC(C)(CN1CCCC(O)C1)C(=O)NN. The van der Waals surface area contributed by atoms with Crippen LogP contribution in [0.4, 0.5) is 0 Å². The highest BCUT2D eigenvalue weighted by molar-refractivity contribution is 5.81. The first kappa shape index (κ1) is 12.4. The molecule has 4 N–H and O–H groups in total. The topological polar surface area (TPSA) is 78.6 Å². The van der Waals surface area contributed by atoms with Crippen LogP contribution < -0.4 is 11.3 Å². The number of carbonyl (C=O) groups excluding carboxylic acids is 1. The van der Waals surface area contributed by atoms with Crippen LogP contribution in [0.2, 0.25) is 0 Å². The Kier molecular flexibility index (Phi) is 4.07. The van der Waals surface area contributed by atoms with E-state index in [0.29, 0.717) is 13.1 Å². The first-order valence-corrected chi connectivity index (χ1v) is 5.37. The van der Waals surface area contributed by atoms with E-state index in [2.05, 4.69) is 10.3 Å². The molecule has 0 aromatic rings. The van der Waals surface area contributed by atoms with Crippen molar-refractivity contribution in [2.24, 2.45) is 11.3 Å². The van der Waals surface area contributed by atoms with Crippen LogP contribution in [0.3, 0.4) is 0 Å². The number of carbonyl (C=O) groups is 1. The van der Waals surface area contributed by atoms with Crippen molar-refractivity contribution in [3.05, 3.63) is 0 Å². The van der Waals surface area contributed by atoms with Crippen molar-refractivity contribution >= 4 is 5.91 Å². The number of piperidine rings is 1. The Morgan fingerprint density at radius 2 is 2.33 bits per heavy atom. The molecule has 1 aliphatic heterocycles. The van der Waals surface area contributed by atoms with Gasteiger partial charge in [0.2, 0.25) is 5.91 Å². The standard InChI is InChI=1S/C10H21N3O2/c1-10(2,9(15)12-11)7-13-5-3-4-8(14)6-13/h8,14H,3-7,11H2,1-2H3,(H,12,15). The third-order valence-electron chi connectivity index (χ3n) is 2.85. The lowest BCUT2D eigenvalue weighted by atomic mass is 9.91. The summed E-state index contributed by atoms with van der Waals surface area (Å²) in [7, 11) is 0. The second kappa shape index (κ2) is 4.92. The number of rotatable bonds is 3. The fourth-order valence-electron chi connectivity index (χ4n) is 2.00. The van der Waals surface area contributed by atoms with E-state index in [-0.39, 0.29) is 12.0 Å². The van der Waals surface area contributed by atoms with E-state index in [1.54, 1.807) is 0 Å². The van der Waals surface area contributed by atoms with Gasteiger partial charge in [-0.2, -0.15) is 0 Å². The molecule has 0 aliphatic carbocycles. The van der Waals surface area contributed by atoms with Crippen LogP contribution in [-0.4, -0.2) is 41.7 Å². The summed E-state index contributed by atoms with van der Waals surface area (Å²) < 4.78 is 0. The van der Waals surface area contributed by atoms with Crippen LogP contribution >= 0.6 is 0 Å². The molecule has 0 saturated carbocycles. The molecule has 88 valence electrons. The van der Waals surface area contributed by atoms with Crippen molar-refractivity contribution in [3.8, 4) is 0 Å². The normalized spacial score (nSPS) is 23.9. The van der Waals surface area contributed by atoms with Crippen molar-refractivity contribution in [1.29, 1.82) is 0 Å². The Hall–Kier alpha value is -0.650. The van der Waals surface area contributed by atoms with Gasteiger partial charge in [-0.15, -0.1) is 0 Å². The number of β-amino-alcohol motifs (C(OH)–C–C–N with tert-alkyl or cyclic N) is 1. The first-order chi connectivity index (χ1) is 6.95. The lowest BCUT2D eigenvalue weighted by Crippen LogP contribution is -2.50. The summed E-state index contributed by atoms with van der Waals surface area (Å²) in [6.07, 6.45) is 1.59. The largest absolute Gasteiger partial charge is 0.392 e. The number of hydrogen-bond donors (Lipinski definition) is 3. The van der Waals surface area contributed by atoms with Crippen LogP contribution in [0.1, 0.15) is 26.7 Å². The molecule has 0 spiro atoms. The molecule has 1 unspecified atom stereocenters. The molecule has 1 heterocycles. The number of nitrogens with zero attached hydrogens (tertiary/aromatic N) is 1. The van der Waals surface area contributed by atoms with Gasteiger partial charge in [0.1, 0.15) is 0 Å². The van der Waals surface area contributed by atoms with Crippen molar-refractivity contribution < 1.29 is 9.90 Å². The van der Waals surface area contributed by atoms with Crippen molar-refractivity contribution in [2.75, 3.05) is 19.6 Å². The van der Waals surface area contributed by atoms with Gasteiger partial charge in [0.25, 0.3) is 0 Å². The molecule has 1 aliphatic rings. The fourth-order valence-corrected chi connectivity index (χ4v) is 2.00. The van der Waals surface area contributed by atoms with Crippen LogP contribution in [-0.2, 0) is 4.79 Å². The van der Waals surface area contributed by atoms with Crippen molar-refractivity contribution in [2.45, 2.75) is 32.8 Å². The predicted octanol–water partition coefficient (Wildman–Crippen LogP) is -0.541. The van der Waals surface area contributed by atoms with Crippen LogP contribution in [0.15, 0.2) is 0 Å². The summed E-state index contributed by atoms with van der Waals surface area (Å²) in [6.45, 7) is 5.94. The summed E-state index contributed by atoms with van der Waals surface area (Å²) >= 11 is 0. The lowest BCUT2D eigenvalue weighted by molar-refractivity contribution is -0.130. The maximum absolute atomic E-state index is 11.5. The molecular weight excluding hydrogens is 194 g/mol. The minimum absolute atomic E-state index is 0.164. The van der Waals surface area contributed by atoms with E-state index < -0.39 is 5.41 Å². The van der Waals surface area contributed by atoms with Gasteiger partial charge in [-0.1, -0.05) is 0 Å². The number of amides is 1. The summed E-state index contributed by atoms with van der Waals surface area (Å²) in [5.41, 5.74) is 1.67. The average Bonchev–Trinajstić information content (AvgIpc) is 2.15. The van der Waals surface area contributed by atoms with E-state index in [4.69, 9.17) is 5.84 Å². The molecule has 0 aromatic carbocycles. The summed E-state index contributed by atoms with van der Waals surface area (Å²) in [4.78, 5) is 13.6. The molecule has 0 bridgehead atoms. The van der Waals surface area contributed by atoms with Crippen molar-refractivity contribution in [1.82, 2.24) is 10.3 Å². The summed E-state index contributed by atoms with van der Waals surface area (Å²) in [5.74, 6) is 4.96. The van der Waals surface area contributed by atoms with Gasteiger partial charge in [0, 0.05) is 13.1 Å². The molecule has 1 atom stereocenters. The highest BCUT2D eigenvalue weighted by atomic mass is 16.3. The summed E-state index contributed by atoms with van der Waals surface area (Å²) in [6, 6.07) is 0. The maximum atomic E-state index is 11.5. The van der Waals surface area contributed by atoms with E-state index in [0.717, 1.165) is 19.4 Å². The highest BCUT2D eigenvalue weighted by Crippen LogP contribution is 2.20. The number of nitrogens with one attached hydrogen (secondary N) is 1. The number of hydrogen-bond acceptors (Lipinski definition) is 4. The maximum Gasteiger partial charge on any atom is 0.240 e. The molecule has 5 heteroatoms. The summed E-state index contributed by atoms with van der Waals surface area (Å²) in [5, 5.41) is 9.51. The Morgan fingerprint density at radius 1 is 1.67 bits per heavy atom. The average molecular weight is 215 g/mol. The highest BCUT2D eigenvalue weighted by Gasteiger charge is 2.31. The first-order valence-electron chi connectivity index (χ1n) is 5.37. The van der Waals surface area contributed by atoms with Gasteiger partial charge in [-0.05, 0) is 33.2 Å². The van der Waals surface area contributed by atoms with Crippen LogP contribution in [0.5, 0.6) is 0 Å². The minimum Gasteiger partial charge on any atom is -0.392 e. The van der Waals surface area contributed by atoms with Crippen LogP contribution in [0, 0.1) is 5.41 Å². The zero-order valence-corrected chi connectivity index (χ0v) is 9.49. The number of likely N-dealkylation sites (tertiary alicyclic amines) is 1. The minimum atomic E-state index is -0.508. The second-order valence-corrected chi connectivity index (χ2v) is 4.89. The Bertz CT molecular complexity index is 231. The van der Waals surface area contributed by atoms with Gasteiger partial charge in [0.15, 0.2) is 0 Å². The quantitative estimate of drug-likeness (QED) is 0.335. The van der Waals surface area contributed by atoms with Gasteiger partial charge in [-0.3, -0.25) is 15.1 Å². The Morgan fingerprint density at radius 3 is 2.87 bits per heavy atom. The Balaban J connectivity index is 2.49. The van der Waals surface area contributed by atoms with Crippen molar-refractivity contribution in [3.63, 3.8) is 0 Å². The van der Waals surface area contributed by atoms with Crippen LogP contribution in [0.25, 0.3) is 0 Å². The third kappa shape index (κ3) is 3.44. The molecule has 1 rings (SSSR count). The van der Waals surface area contributed by atoms with E-state index >= 15 is 0 Å². The molecule has 0 radical (unpaired) electrons. The molecule has 1 fully saturated rings. The van der Waals surface area contributed by atoms with Gasteiger partial charge >= 0.3 is 0 Å². The van der Waals surface area contributed by atoms with Gasteiger partial charge in [-0.25, -0.2) is 5.84 Å². The van der Waals surface area contributed by atoms with E-state index in [1.807, 2.05) is 13.8 Å². The molecule has 15 heavy (non-hydrogen) atoms. The molecular formula is C10H21N3O2. The lowest BCUT2D eigenvalue weighted by Gasteiger charge is -2.35. The number of hydrazine groups is 1. The Labute approximate surface area is 90.6 Å². The molecule has 0 aromatic heterocycles. The monoisotopic (exact) mass is 215 g/mol. The smallest absolute Gasteiger partial charge is 0.240 e. The third-order valence-corrected chi connectivity index (χ3v) is 2.85. The number of nitrogens with two attached hydrogens (primary N) is 1. The van der Waals surface area contributed by atoms with E-state index in [9.17, 15) is 9.90 Å². The molecule has 1 saturated heterocycles. The second-order valence-electron chi connectivity index (χ2n) is 4.89. The van der Waals surface area contributed by atoms with Gasteiger partial charge < -0.3 is 5.11 Å². The predicted molar refractivity (Wildman–Crippen MR) is 57.8 cm³/mol. The molecule has 1 amide bonds. The number of aliphatic hydroxyl groups excluding tert-OH is 1. The fraction of sp³-hybridized carbons (Fsp3) is 0.900. The van der Waals surface area contributed by atoms with E-state index in [1.165, 1.54) is 0 Å².